The lowest BCUT2D eigenvalue weighted by Gasteiger charge is -2.01. The van der Waals surface area contributed by atoms with Crippen molar-refractivity contribution in [2.24, 2.45) is 0 Å². The summed E-state index contributed by atoms with van der Waals surface area (Å²) < 4.78 is 5.02. The molecular weight excluding hydrogens is 236 g/mol. The molecule has 0 bridgehead atoms. The summed E-state index contributed by atoms with van der Waals surface area (Å²) >= 11 is 0. The topological polar surface area (TPSA) is 26.3 Å². The van der Waals surface area contributed by atoms with Gasteiger partial charge in [0.25, 0.3) is 0 Å². The van der Waals surface area contributed by atoms with Gasteiger partial charge in [-0.3, -0.25) is 0 Å². The summed E-state index contributed by atoms with van der Waals surface area (Å²) in [6, 6.07) is 9.67. The Labute approximate surface area is 115 Å². The lowest BCUT2D eigenvalue weighted by molar-refractivity contribution is -0.137. The molecule has 2 heteroatoms. The standard InChI is InChI=1S/C17H20O2/c1-3-5-6-10-13-16(17(18)19-4-2)14-15-11-8-7-9-12-15/h7-9,11-12,14H,3-6H2,1-2H3. The van der Waals surface area contributed by atoms with E-state index >= 15 is 0 Å². The van der Waals surface area contributed by atoms with Crippen LogP contribution in [0.25, 0.3) is 6.08 Å². The summed E-state index contributed by atoms with van der Waals surface area (Å²) in [5, 5.41) is 0. The Morgan fingerprint density at radius 3 is 2.63 bits per heavy atom. The van der Waals surface area contributed by atoms with Gasteiger partial charge in [0.2, 0.25) is 0 Å². The molecule has 1 aromatic rings. The second kappa shape index (κ2) is 8.99. The predicted molar refractivity (Wildman–Crippen MR) is 78.4 cm³/mol. The molecule has 0 unspecified atom stereocenters. The first-order chi connectivity index (χ1) is 9.27. The molecule has 0 saturated carbocycles. The Bertz CT molecular complexity index is 475. The normalized spacial score (nSPS) is 10.5. The van der Waals surface area contributed by atoms with Crippen LogP contribution in [0.4, 0.5) is 0 Å². The quantitative estimate of drug-likeness (QED) is 0.346. The van der Waals surface area contributed by atoms with Crippen molar-refractivity contribution < 1.29 is 9.53 Å². The SMILES string of the molecule is CCCCC#CC(=Cc1ccccc1)C(=O)OCC. The number of rotatable bonds is 5. The molecule has 19 heavy (non-hydrogen) atoms. The van der Waals surface area contributed by atoms with Crippen molar-refractivity contribution in [3.8, 4) is 11.8 Å². The highest BCUT2D eigenvalue weighted by molar-refractivity contribution is 5.98. The molecule has 0 aromatic heterocycles. The zero-order chi connectivity index (χ0) is 13.9. The number of carbonyl (C=O) groups excluding carboxylic acids is 1. The third kappa shape index (κ3) is 5.92. The number of hydrogen-bond acceptors (Lipinski definition) is 2. The fraction of sp³-hybridized carbons (Fsp3) is 0.353. The van der Waals surface area contributed by atoms with Crippen LogP contribution in [0.1, 0.15) is 38.7 Å². The Kier molecular flexibility index (Phi) is 7.12. The molecule has 100 valence electrons. The van der Waals surface area contributed by atoms with Gasteiger partial charge >= 0.3 is 5.97 Å². The average Bonchev–Trinajstić information content (AvgIpc) is 2.43. The van der Waals surface area contributed by atoms with E-state index in [1.165, 1.54) is 0 Å². The first kappa shape index (κ1) is 15.0. The number of ether oxygens (including phenoxy) is 1. The maximum absolute atomic E-state index is 11.8. The first-order valence-electron chi connectivity index (χ1n) is 6.70. The molecule has 0 atom stereocenters. The second-order valence-electron chi connectivity index (χ2n) is 4.09. The highest BCUT2D eigenvalue weighted by atomic mass is 16.5. The number of esters is 1. The van der Waals surface area contributed by atoms with Crippen LogP contribution in [0, 0.1) is 11.8 Å². The van der Waals surface area contributed by atoms with Crippen molar-refractivity contribution in [2.45, 2.75) is 33.1 Å². The monoisotopic (exact) mass is 256 g/mol. The molecule has 0 aliphatic heterocycles. The van der Waals surface area contributed by atoms with Crippen LogP contribution in [0.5, 0.6) is 0 Å². The van der Waals surface area contributed by atoms with Gasteiger partial charge in [0.05, 0.1) is 6.61 Å². The Morgan fingerprint density at radius 1 is 1.26 bits per heavy atom. The van der Waals surface area contributed by atoms with Crippen LogP contribution in [-0.2, 0) is 9.53 Å². The number of benzene rings is 1. The largest absolute Gasteiger partial charge is 0.462 e. The van der Waals surface area contributed by atoms with E-state index in [-0.39, 0.29) is 5.97 Å². The molecule has 0 radical (unpaired) electrons. The van der Waals surface area contributed by atoms with E-state index in [1.54, 1.807) is 13.0 Å². The van der Waals surface area contributed by atoms with Crippen LogP contribution in [0.2, 0.25) is 0 Å². The van der Waals surface area contributed by atoms with Gasteiger partial charge in [0, 0.05) is 6.42 Å². The number of hydrogen-bond donors (Lipinski definition) is 0. The molecule has 0 aliphatic rings. The zero-order valence-electron chi connectivity index (χ0n) is 11.6. The molecule has 2 nitrogen and oxygen atoms in total. The van der Waals surface area contributed by atoms with Gasteiger partial charge in [-0.25, -0.2) is 4.79 Å². The van der Waals surface area contributed by atoms with Crippen LogP contribution in [0.15, 0.2) is 35.9 Å². The Balaban J connectivity index is 2.88. The van der Waals surface area contributed by atoms with Gasteiger partial charge in [-0.15, -0.1) is 0 Å². The highest BCUT2D eigenvalue weighted by Crippen LogP contribution is 2.08. The third-order valence-electron chi connectivity index (χ3n) is 2.48. The molecule has 0 amide bonds. The van der Waals surface area contributed by atoms with Crippen molar-refractivity contribution >= 4 is 12.0 Å². The summed E-state index contributed by atoms with van der Waals surface area (Å²) in [6.07, 6.45) is 4.74. The lowest BCUT2D eigenvalue weighted by Crippen LogP contribution is -2.06. The molecule has 0 heterocycles. The van der Waals surface area contributed by atoms with E-state index in [4.69, 9.17) is 4.74 Å². The highest BCUT2D eigenvalue weighted by Gasteiger charge is 2.07. The van der Waals surface area contributed by atoms with Gasteiger partial charge in [-0.2, -0.15) is 0 Å². The zero-order valence-corrected chi connectivity index (χ0v) is 11.6. The fourth-order valence-electron chi connectivity index (χ4n) is 1.49. The van der Waals surface area contributed by atoms with E-state index in [0.717, 1.165) is 24.8 Å². The molecule has 0 N–H and O–H groups in total. The van der Waals surface area contributed by atoms with E-state index in [2.05, 4.69) is 18.8 Å². The molecule has 0 saturated heterocycles. The van der Waals surface area contributed by atoms with Crippen molar-refractivity contribution in [3.05, 3.63) is 41.5 Å². The minimum atomic E-state index is -0.352. The van der Waals surface area contributed by atoms with E-state index in [0.29, 0.717) is 12.2 Å². The van der Waals surface area contributed by atoms with Crippen LogP contribution in [0.3, 0.4) is 0 Å². The van der Waals surface area contributed by atoms with Crippen molar-refractivity contribution in [3.63, 3.8) is 0 Å². The minimum absolute atomic E-state index is 0.352. The van der Waals surface area contributed by atoms with Crippen molar-refractivity contribution in [2.75, 3.05) is 6.61 Å². The predicted octanol–water partition coefficient (Wildman–Crippen LogP) is 3.83. The van der Waals surface area contributed by atoms with Gasteiger partial charge in [-0.05, 0) is 25.0 Å². The number of carbonyl (C=O) groups is 1. The summed E-state index contributed by atoms with van der Waals surface area (Å²) in [7, 11) is 0. The van der Waals surface area contributed by atoms with Gasteiger partial charge in [-0.1, -0.05) is 55.5 Å². The van der Waals surface area contributed by atoms with Gasteiger partial charge < -0.3 is 4.74 Å². The summed E-state index contributed by atoms with van der Waals surface area (Å²) in [5.74, 6) is 5.60. The minimum Gasteiger partial charge on any atom is -0.462 e. The third-order valence-corrected chi connectivity index (χ3v) is 2.48. The fourth-order valence-corrected chi connectivity index (χ4v) is 1.49. The van der Waals surface area contributed by atoms with Crippen LogP contribution < -0.4 is 0 Å². The Morgan fingerprint density at radius 2 is 2.00 bits per heavy atom. The molecule has 0 fully saturated rings. The number of unbranched alkanes of at least 4 members (excludes halogenated alkanes) is 2. The first-order valence-corrected chi connectivity index (χ1v) is 6.70. The summed E-state index contributed by atoms with van der Waals surface area (Å²) in [4.78, 5) is 11.8. The molecular formula is C17H20O2. The van der Waals surface area contributed by atoms with E-state index < -0.39 is 0 Å². The van der Waals surface area contributed by atoms with Crippen molar-refractivity contribution in [1.82, 2.24) is 0 Å². The molecule has 0 aliphatic carbocycles. The lowest BCUT2D eigenvalue weighted by atomic mass is 10.1. The second-order valence-corrected chi connectivity index (χ2v) is 4.09. The maximum Gasteiger partial charge on any atom is 0.346 e. The van der Waals surface area contributed by atoms with E-state index in [9.17, 15) is 4.79 Å². The summed E-state index contributed by atoms with van der Waals surface area (Å²) in [5.41, 5.74) is 1.37. The average molecular weight is 256 g/mol. The van der Waals surface area contributed by atoms with Gasteiger partial charge in [0.1, 0.15) is 5.57 Å². The van der Waals surface area contributed by atoms with Crippen LogP contribution in [-0.4, -0.2) is 12.6 Å². The molecule has 1 aromatic carbocycles. The smallest absolute Gasteiger partial charge is 0.346 e. The Hall–Kier alpha value is -2.01. The molecule has 0 spiro atoms. The van der Waals surface area contributed by atoms with Gasteiger partial charge in [0.15, 0.2) is 0 Å². The van der Waals surface area contributed by atoms with Crippen molar-refractivity contribution in [1.29, 1.82) is 0 Å². The maximum atomic E-state index is 11.8. The summed E-state index contributed by atoms with van der Waals surface area (Å²) in [6.45, 7) is 4.28. The van der Waals surface area contributed by atoms with E-state index in [1.807, 2.05) is 30.3 Å². The van der Waals surface area contributed by atoms with Crippen LogP contribution >= 0.6 is 0 Å². The molecule has 1 rings (SSSR count).